The molecule has 1 rings (SSSR count). The van der Waals surface area contributed by atoms with Crippen LogP contribution in [0.25, 0.3) is 0 Å². The van der Waals surface area contributed by atoms with Crippen molar-refractivity contribution in [2.24, 2.45) is 0 Å². The second-order valence-corrected chi connectivity index (χ2v) is 4.30. The molecule has 4 heteroatoms. The van der Waals surface area contributed by atoms with Crippen molar-refractivity contribution in [1.29, 1.82) is 0 Å². The van der Waals surface area contributed by atoms with Crippen LogP contribution in [0.5, 0.6) is 5.75 Å². The number of ether oxygens (including phenoxy) is 1. The fourth-order valence-corrected chi connectivity index (χ4v) is 1.54. The molecule has 0 fully saturated rings. The van der Waals surface area contributed by atoms with Crippen LogP contribution >= 0.6 is 0 Å². The van der Waals surface area contributed by atoms with Crippen molar-refractivity contribution >= 4 is 5.91 Å². The van der Waals surface area contributed by atoms with Gasteiger partial charge in [0.2, 0.25) is 5.91 Å². The Morgan fingerprint density at radius 2 is 2.16 bits per heavy atom. The lowest BCUT2D eigenvalue weighted by Gasteiger charge is -2.12. The van der Waals surface area contributed by atoms with Crippen LogP contribution in [0.15, 0.2) is 36.9 Å². The smallest absolute Gasteiger partial charge is 0.248 e. The van der Waals surface area contributed by atoms with E-state index < -0.39 is 6.10 Å². The Balaban J connectivity index is 2.22. The Labute approximate surface area is 114 Å². The van der Waals surface area contributed by atoms with Gasteiger partial charge >= 0.3 is 0 Å². The van der Waals surface area contributed by atoms with Crippen LogP contribution in [0, 0.1) is 0 Å². The molecule has 0 radical (unpaired) electrons. The largest absolute Gasteiger partial charge is 0.508 e. The summed E-state index contributed by atoms with van der Waals surface area (Å²) in [5, 5.41) is 12.0. The molecule has 1 atom stereocenters. The van der Waals surface area contributed by atoms with Crippen LogP contribution in [0.1, 0.15) is 18.9 Å². The van der Waals surface area contributed by atoms with E-state index in [0.29, 0.717) is 13.2 Å². The number of rotatable bonds is 8. The van der Waals surface area contributed by atoms with Crippen LogP contribution in [-0.4, -0.2) is 30.3 Å². The number of phenolic OH excluding ortho intramolecular Hbond substituents is 1. The molecule has 0 aliphatic heterocycles. The summed E-state index contributed by atoms with van der Waals surface area (Å²) in [6.45, 7) is 6.39. The zero-order valence-electron chi connectivity index (χ0n) is 11.3. The topological polar surface area (TPSA) is 58.6 Å². The first-order chi connectivity index (χ1) is 9.13. The molecule has 4 nitrogen and oxygen atoms in total. The quantitative estimate of drug-likeness (QED) is 0.557. The van der Waals surface area contributed by atoms with Gasteiger partial charge in [-0.15, -0.1) is 6.58 Å². The lowest BCUT2D eigenvalue weighted by atomic mass is 10.1. The molecule has 0 aromatic heterocycles. The van der Waals surface area contributed by atoms with Gasteiger partial charge in [-0.05, 0) is 37.5 Å². The fraction of sp³-hybridized carbons (Fsp3) is 0.400. The van der Waals surface area contributed by atoms with E-state index in [9.17, 15) is 4.79 Å². The predicted octanol–water partition coefficient (Wildman–Crippen LogP) is 2.03. The number of hydrogen-bond acceptors (Lipinski definition) is 3. The Kier molecular flexibility index (Phi) is 6.68. The minimum Gasteiger partial charge on any atom is -0.508 e. The summed E-state index contributed by atoms with van der Waals surface area (Å²) in [5.41, 5.74) is 1.07. The maximum atomic E-state index is 11.7. The van der Waals surface area contributed by atoms with Gasteiger partial charge in [-0.25, -0.2) is 0 Å². The summed E-state index contributed by atoms with van der Waals surface area (Å²) in [5.74, 6) is 0.139. The summed E-state index contributed by atoms with van der Waals surface area (Å²) in [7, 11) is 0. The molecule has 0 aliphatic rings. The van der Waals surface area contributed by atoms with E-state index in [-0.39, 0.29) is 11.7 Å². The number of aromatic hydroxyl groups is 1. The molecule has 19 heavy (non-hydrogen) atoms. The van der Waals surface area contributed by atoms with Gasteiger partial charge in [0.1, 0.15) is 11.9 Å². The maximum absolute atomic E-state index is 11.7. The lowest BCUT2D eigenvalue weighted by molar-refractivity contribution is -0.131. The van der Waals surface area contributed by atoms with Gasteiger partial charge < -0.3 is 15.2 Å². The van der Waals surface area contributed by atoms with E-state index >= 15 is 0 Å². The van der Waals surface area contributed by atoms with Crippen LogP contribution < -0.4 is 5.32 Å². The lowest BCUT2D eigenvalue weighted by Crippen LogP contribution is -2.35. The van der Waals surface area contributed by atoms with E-state index in [1.807, 2.05) is 12.1 Å². The van der Waals surface area contributed by atoms with Crippen LogP contribution in [0.4, 0.5) is 0 Å². The van der Waals surface area contributed by atoms with Gasteiger partial charge in [-0.3, -0.25) is 4.79 Å². The van der Waals surface area contributed by atoms with Crippen molar-refractivity contribution in [1.82, 2.24) is 5.32 Å². The van der Waals surface area contributed by atoms with Crippen molar-refractivity contribution in [2.45, 2.75) is 25.9 Å². The SMILES string of the molecule is C=CCCOC(C)C(=O)NCCc1ccc(O)cc1. The van der Waals surface area contributed by atoms with Crippen molar-refractivity contribution in [3.8, 4) is 5.75 Å². The third kappa shape index (κ3) is 6.06. The zero-order valence-corrected chi connectivity index (χ0v) is 11.3. The van der Waals surface area contributed by atoms with Gasteiger partial charge in [-0.1, -0.05) is 18.2 Å². The zero-order chi connectivity index (χ0) is 14.1. The summed E-state index contributed by atoms with van der Waals surface area (Å²) in [6, 6.07) is 6.95. The summed E-state index contributed by atoms with van der Waals surface area (Å²) in [4.78, 5) is 11.7. The summed E-state index contributed by atoms with van der Waals surface area (Å²) in [6.07, 6.45) is 2.78. The standard InChI is InChI=1S/C15H21NO3/c1-3-4-11-19-12(2)15(18)16-10-9-13-5-7-14(17)8-6-13/h3,5-8,12,17H,1,4,9-11H2,2H3,(H,16,18). The highest BCUT2D eigenvalue weighted by Gasteiger charge is 2.11. The fourth-order valence-electron chi connectivity index (χ4n) is 1.54. The van der Waals surface area contributed by atoms with Gasteiger partial charge in [0.25, 0.3) is 0 Å². The minimum atomic E-state index is -0.445. The summed E-state index contributed by atoms with van der Waals surface area (Å²) >= 11 is 0. The third-order valence-corrected chi connectivity index (χ3v) is 2.71. The molecule has 1 aromatic carbocycles. The van der Waals surface area contributed by atoms with Crippen LogP contribution in [0.3, 0.4) is 0 Å². The highest BCUT2D eigenvalue weighted by molar-refractivity contribution is 5.80. The molecule has 0 bridgehead atoms. The second-order valence-electron chi connectivity index (χ2n) is 4.30. The molecule has 0 saturated carbocycles. The first kappa shape index (κ1) is 15.2. The van der Waals surface area contributed by atoms with Crippen LogP contribution in [-0.2, 0) is 16.0 Å². The monoisotopic (exact) mass is 263 g/mol. The third-order valence-electron chi connectivity index (χ3n) is 2.71. The second kappa shape index (κ2) is 8.32. The van der Waals surface area contributed by atoms with E-state index in [1.165, 1.54) is 0 Å². The van der Waals surface area contributed by atoms with Crippen molar-refractivity contribution in [3.63, 3.8) is 0 Å². The van der Waals surface area contributed by atoms with Crippen molar-refractivity contribution in [2.75, 3.05) is 13.2 Å². The molecular weight excluding hydrogens is 242 g/mol. The molecule has 0 aliphatic carbocycles. The number of nitrogens with one attached hydrogen (secondary N) is 1. The molecule has 1 amide bonds. The predicted molar refractivity (Wildman–Crippen MR) is 75.0 cm³/mol. The Morgan fingerprint density at radius 1 is 1.47 bits per heavy atom. The van der Waals surface area contributed by atoms with Gasteiger partial charge in [0, 0.05) is 6.54 Å². The molecule has 2 N–H and O–H groups in total. The summed E-state index contributed by atoms with van der Waals surface area (Å²) < 4.78 is 5.35. The van der Waals surface area contributed by atoms with E-state index in [2.05, 4.69) is 11.9 Å². The van der Waals surface area contributed by atoms with Gasteiger partial charge in [0.15, 0.2) is 0 Å². The van der Waals surface area contributed by atoms with Gasteiger partial charge in [0.05, 0.1) is 6.61 Å². The maximum Gasteiger partial charge on any atom is 0.248 e. The average molecular weight is 263 g/mol. The van der Waals surface area contributed by atoms with E-state index in [1.54, 1.807) is 25.1 Å². The van der Waals surface area contributed by atoms with E-state index in [0.717, 1.165) is 18.4 Å². The normalized spacial score (nSPS) is 11.8. The number of phenols is 1. The highest BCUT2D eigenvalue weighted by atomic mass is 16.5. The minimum absolute atomic E-state index is 0.108. The Bertz CT molecular complexity index is 400. The first-order valence-corrected chi connectivity index (χ1v) is 6.41. The van der Waals surface area contributed by atoms with Gasteiger partial charge in [-0.2, -0.15) is 0 Å². The molecule has 0 heterocycles. The van der Waals surface area contributed by atoms with Crippen LogP contribution in [0.2, 0.25) is 0 Å². The number of hydrogen-bond donors (Lipinski definition) is 2. The molecule has 1 unspecified atom stereocenters. The number of carbonyl (C=O) groups excluding carboxylic acids is 1. The number of benzene rings is 1. The first-order valence-electron chi connectivity index (χ1n) is 6.41. The Hall–Kier alpha value is -1.81. The Morgan fingerprint density at radius 3 is 2.79 bits per heavy atom. The average Bonchev–Trinajstić information content (AvgIpc) is 2.41. The van der Waals surface area contributed by atoms with Crippen molar-refractivity contribution in [3.05, 3.63) is 42.5 Å². The molecular formula is C15H21NO3. The number of carbonyl (C=O) groups is 1. The molecule has 0 saturated heterocycles. The van der Waals surface area contributed by atoms with Crippen molar-refractivity contribution < 1.29 is 14.6 Å². The molecule has 104 valence electrons. The molecule has 1 aromatic rings. The highest BCUT2D eigenvalue weighted by Crippen LogP contribution is 2.09. The number of amides is 1. The van der Waals surface area contributed by atoms with E-state index in [4.69, 9.17) is 9.84 Å². The molecule has 0 spiro atoms.